The van der Waals surface area contributed by atoms with Crippen molar-refractivity contribution in [3.8, 4) is 6.07 Å². The van der Waals surface area contributed by atoms with Crippen molar-refractivity contribution in [3.63, 3.8) is 0 Å². The van der Waals surface area contributed by atoms with E-state index in [1.165, 1.54) is 0 Å². The van der Waals surface area contributed by atoms with Gasteiger partial charge in [-0.25, -0.2) is 0 Å². The van der Waals surface area contributed by atoms with Crippen molar-refractivity contribution in [2.45, 2.75) is 26.2 Å². The van der Waals surface area contributed by atoms with E-state index in [9.17, 15) is 4.79 Å². The van der Waals surface area contributed by atoms with Crippen LogP contribution in [0.4, 0.5) is 5.69 Å². The third-order valence-electron chi connectivity index (χ3n) is 3.56. The first-order chi connectivity index (χ1) is 8.61. The van der Waals surface area contributed by atoms with Gasteiger partial charge in [-0.2, -0.15) is 5.26 Å². The van der Waals surface area contributed by atoms with Gasteiger partial charge < -0.3 is 5.32 Å². The van der Waals surface area contributed by atoms with Gasteiger partial charge >= 0.3 is 0 Å². The largest absolute Gasteiger partial charge is 0.325 e. The Labute approximate surface area is 115 Å². The van der Waals surface area contributed by atoms with Gasteiger partial charge in [0.1, 0.15) is 6.07 Å². The summed E-state index contributed by atoms with van der Waals surface area (Å²) in [6.07, 6.45) is 3.17. The van der Waals surface area contributed by atoms with E-state index in [-0.39, 0.29) is 11.8 Å². The minimum absolute atomic E-state index is 0.0367. The molecular formula is C14H15BrN2O. The van der Waals surface area contributed by atoms with Gasteiger partial charge in [0.05, 0.1) is 11.3 Å². The molecule has 2 rings (SSSR count). The lowest BCUT2D eigenvalue weighted by molar-refractivity contribution is -0.120. The second kappa shape index (κ2) is 5.53. The van der Waals surface area contributed by atoms with E-state index >= 15 is 0 Å². The fourth-order valence-electron chi connectivity index (χ4n) is 2.48. The van der Waals surface area contributed by atoms with E-state index in [2.05, 4.69) is 34.2 Å². The lowest BCUT2D eigenvalue weighted by atomic mass is 9.97. The Bertz CT molecular complexity index is 507. The van der Waals surface area contributed by atoms with Crippen molar-refractivity contribution < 1.29 is 4.79 Å². The van der Waals surface area contributed by atoms with Gasteiger partial charge in [0.2, 0.25) is 5.91 Å². The Morgan fingerprint density at radius 3 is 2.89 bits per heavy atom. The minimum Gasteiger partial charge on any atom is -0.325 e. The number of halogens is 1. The Hall–Kier alpha value is -1.34. The zero-order chi connectivity index (χ0) is 13.1. The molecule has 1 aromatic rings. The second-order valence-corrected chi connectivity index (χ2v) is 5.72. The monoisotopic (exact) mass is 306 g/mol. The molecule has 1 aliphatic carbocycles. The van der Waals surface area contributed by atoms with Crippen LogP contribution in [-0.4, -0.2) is 5.91 Å². The number of hydrogen-bond donors (Lipinski definition) is 1. The van der Waals surface area contributed by atoms with Crippen LogP contribution in [0.15, 0.2) is 22.7 Å². The zero-order valence-corrected chi connectivity index (χ0v) is 11.8. The molecule has 18 heavy (non-hydrogen) atoms. The van der Waals surface area contributed by atoms with Crippen molar-refractivity contribution in [2.24, 2.45) is 11.8 Å². The van der Waals surface area contributed by atoms with Gasteiger partial charge in [0, 0.05) is 10.4 Å². The van der Waals surface area contributed by atoms with Crippen molar-refractivity contribution in [1.29, 1.82) is 5.26 Å². The fraction of sp³-hybridized carbons (Fsp3) is 0.429. The molecule has 4 heteroatoms. The number of carbonyl (C=O) groups excluding carboxylic acids is 1. The summed E-state index contributed by atoms with van der Waals surface area (Å²) in [4.78, 5) is 12.2. The standard InChI is InChI=1S/C14H15BrN2O/c1-9-3-2-4-12(9)14(18)17-13-7-11(15)6-5-10(13)8-16/h5-7,9,12H,2-4H2,1H3,(H,17,18). The molecule has 1 aromatic carbocycles. The maximum absolute atomic E-state index is 12.2. The summed E-state index contributed by atoms with van der Waals surface area (Å²) in [6, 6.07) is 7.37. The molecule has 0 spiro atoms. The van der Waals surface area contributed by atoms with Crippen molar-refractivity contribution in [3.05, 3.63) is 28.2 Å². The quantitative estimate of drug-likeness (QED) is 0.906. The summed E-state index contributed by atoms with van der Waals surface area (Å²) >= 11 is 3.35. The Morgan fingerprint density at radius 2 is 2.28 bits per heavy atom. The molecule has 0 aliphatic heterocycles. The number of hydrogen-bond acceptors (Lipinski definition) is 2. The van der Waals surface area contributed by atoms with Gasteiger partial charge in [-0.3, -0.25) is 4.79 Å². The summed E-state index contributed by atoms with van der Waals surface area (Å²) in [5, 5.41) is 11.9. The summed E-state index contributed by atoms with van der Waals surface area (Å²) in [6.45, 7) is 2.11. The maximum Gasteiger partial charge on any atom is 0.227 e. The number of benzene rings is 1. The van der Waals surface area contributed by atoms with Crippen LogP contribution in [0.3, 0.4) is 0 Å². The summed E-state index contributed by atoms with van der Waals surface area (Å²) in [5.74, 6) is 0.549. The molecule has 1 fully saturated rings. The minimum atomic E-state index is 0.0367. The molecule has 0 aromatic heterocycles. The number of carbonyl (C=O) groups is 1. The van der Waals surface area contributed by atoms with Crippen LogP contribution in [0.25, 0.3) is 0 Å². The lowest BCUT2D eigenvalue weighted by Crippen LogP contribution is -2.24. The van der Waals surface area contributed by atoms with E-state index < -0.39 is 0 Å². The number of nitrogens with zero attached hydrogens (tertiary/aromatic N) is 1. The normalized spacial score (nSPS) is 22.5. The van der Waals surface area contributed by atoms with Crippen LogP contribution in [-0.2, 0) is 4.79 Å². The number of nitriles is 1. The van der Waals surface area contributed by atoms with Crippen LogP contribution in [0.1, 0.15) is 31.7 Å². The highest BCUT2D eigenvalue weighted by atomic mass is 79.9. The average Bonchev–Trinajstić information content (AvgIpc) is 2.76. The first kappa shape index (κ1) is 13.1. The Balaban J connectivity index is 2.16. The molecule has 1 aliphatic rings. The molecule has 3 nitrogen and oxygen atoms in total. The average molecular weight is 307 g/mol. The number of anilines is 1. The highest BCUT2D eigenvalue weighted by Crippen LogP contribution is 2.32. The highest BCUT2D eigenvalue weighted by molar-refractivity contribution is 9.10. The van der Waals surface area contributed by atoms with Crippen molar-refractivity contribution >= 4 is 27.5 Å². The number of amides is 1. The number of rotatable bonds is 2. The van der Waals surface area contributed by atoms with Crippen LogP contribution < -0.4 is 5.32 Å². The van der Waals surface area contributed by atoms with Crippen molar-refractivity contribution in [1.82, 2.24) is 0 Å². The molecule has 0 saturated heterocycles. The molecule has 0 bridgehead atoms. The molecule has 1 saturated carbocycles. The van der Waals surface area contributed by atoms with E-state index in [1.54, 1.807) is 18.2 Å². The molecule has 2 unspecified atom stereocenters. The first-order valence-electron chi connectivity index (χ1n) is 6.12. The highest BCUT2D eigenvalue weighted by Gasteiger charge is 2.29. The summed E-state index contributed by atoms with van der Waals surface area (Å²) in [7, 11) is 0. The lowest BCUT2D eigenvalue weighted by Gasteiger charge is -2.15. The van der Waals surface area contributed by atoms with E-state index in [4.69, 9.17) is 5.26 Å². The van der Waals surface area contributed by atoms with E-state index in [0.29, 0.717) is 17.2 Å². The molecule has 1 amide bonds. The van der Waals surface area contributed by atoms with Gasteiger partial charge in [-0.1, -0.05) is 29.3 Å². The molecule has 0 heterocycles. The SMILES string of the molecule is CC1CCCC1C(=O)Nc1cc(Br)ccc1C#N. The molecule has 94 valence electrons. The van der Waals surface area contributed by atoms with Gasteiger partial charge in [0.25, 0.3) is 0 Å². The Morgan fingerprint density at radius 1 is 1.50 bits per heavy atom. The molecule has 1 N–H and O–H groups in total. The zero-order valence-electron chi connectivity index (χ0n) is 10.2. The van der Waals surface area contributed by atoms with Crippen LogP contribution in [0.5, 0.6) is 0 Å². The topological polar surface area (TPSA) is 52.9 Å². The number of nitrogens with one attached hydrogen (secondary N) is 1. The van der Waals surface area contributed by atoms with Crippen LogP contribution in [0, 0.1) is 23.2 Å². The predicted molar refractivity (Wildman–Crippen MR) is 74.0 cm³/mol. The summed E-state index contributed by atoms with van der Waals surface area (Å²) in [5.41, 5.74) is 1.09. The molecular weight excluding hydrogens is 292 g/mol. The third-order valence-corrected chi connectivity index (χ3v) is 4.05. The Kier molecular flexibility index (Phi) is 4.03. The van der Waals surface area contributed by atoms with Gasteiger partial charge in [0.15, 0.2) is 0 Å². The van der Waals surface area contributed by atoms with Gasteiger partial charge in [-0.05, 0) is 37.0 Å². The van der Waals surface area contributed by atoms with Crippen LogP contribution >= 0.6 is 15.9 Å². The predicted octanol–water partition coefficient (Wildman–Crippen LogP) is 3.70. The molecule has 2 atom stereocenters. The van der Waals surface area contributed by atoms with Crippen molar-refractivity contribution in [2.75, 3.05) is 5.32 Å². The van der Waals surface area contributed by atoms with Crippen LogP contribution in [0.2, 0.25) is 0 Å². The molecule has 0 radical (unpaired) electrons. The summed E-state index contributed by atoms with van der Waals surface area (Å²) < 4.78 is 0.858. The smallest absolute Gasteiger partial charge is 0.227 e. The van der Waals surface area contributed by atoms with E-state index in [1.807, 2.05) is 0 Å². The third kappa shape index (κ3) is 2.73. The first-order valence-corrected chi connectivity index (χ1v) is 6.91. The second-order valence-electron chi connectivity index (χ2n) is 4.81. The van der Waals surface area contributed by atoms with Gasteiger partial charge in [-0.15, -0.1) is 0 Å². The van der Waals surface area contributed by atoms with E-state index in [0.717, 1.165) is 23.7 Å². The fourth-order valence-corrected chi connectivity index (χ4v) is 2.84. The maximum atomic E-state index is 12.2.